The lowest BCUT2D eigenvalue weighted by Crippen LogP contribution is -2.26. The van der Waals surface area contributed by atoms with E-state index in [1.165, 1.54) is 18.1 Å². The minimum Gasteiger partial charge on any atom is -0.355 e. The van der Waals surface area contributed by atoms with E-state index < -0.39 is 0 Å². The molecule has 0 unspecified atom stereocenters. The highest BCUT2D eigenvalue weighted by Crippen LogP contribution is 2.19. The summed E-state index contributed by atoms with van der Waals surface area (Å²) in [5.74, 6) is -0.00368. The topological polar surface area (TPSA) is 53.2 Å². The number of nitrogens with zero attached hydrogens (tertiary/aromatic N) is 1. The first-order chi connectivity index (χ1) is 10.8. The second-order valence-electron chi connectivity index (χ2n) is 6.26. The molecule has 0 amide bonds. The first-order valence-electron chi connectivity index (χ1n) is 7.77. The maximum absolute atomic E-state index is 12.5. The summed E-state index contributed by atoms with van der Waals surface area (Å²) in [4.78, 5) is 29.3. The van der Waals surface area contributed by atoms with Gasteiger partial charge in [0, 0.05) is 17.8 Å². The smallest absolute Gasteiger partial charge is 0.193 e. The number of likely N-dealkylation sites (N-methyl/N-ethyl adjacent to an activating group) is 1. The Hall–Kier alpha value is -2.20. The van der Waals surface area contributed by atoms with Crippen molar-refractivity contribution in [2.75, 3.05) is 13.6 Å². The van der Waals surface area contributed by atoms with E-state index in [0.29, 0.717) is 24.3 Å². The van der Waals surface area contributed by atoms with Gasteiger partial charge >= 0.3 is 0 Å². The molecule has 2 rings (SSSR count). The predicted octanol–water partition coefficient (Wildman–Crippen LogP) is 3.46. The number of H-pyrrole nitrogens is 1. The van der Waals surface area contributed by atoms with E-state index in [0.717, 1.165) is 11.3 Å². The molecule has 1 aromatic heterocycles. The van der Waals surface area contributed by atoms with Gasteiger partial charge in [0.25, 0.3) is 0 Å². The molecular formula is C19H24N2O2. The van der Waals surface area contributed by atoms with E-state index in [1.54, 1.807) is 0 Å². The summed E-state index contributed by atoms with van der Waals surface area (Å²) >= 11 is 0. The zero-order chi connectivity index (χ0) is 17.1. The summed E-state index contributed by atoms with van der Waals surface area (Å²) < 4.78 is 0. The van der Waals surface area contributed by atoms with E-state index in [-0.39, 0.29) is 11.6 Å². The van der Waals surface area contributed by atoms with Crippen LogP contribution in [0.5, 0.6) is 0 Å². The number of nitrogens with one attached hydrogen (secondary N) is 1. The summed E-state index contributed by atoms with van der Waals surface area (Å²) in [5.41, 5.74) is 5.10. The van der Waals surface area contributed by atoms with Crippen molar-refractivity contribution in [3.05, 3.63) is 57.9 Å². The van der Waals surface area contributed by atoms with Gasteiger partial charge in [-0.3, -0.25) is 14.5 Å². The number of aryl methyl sites for hydroxylation is 2. The summed E-state index contributed by atoms with van der Waals surface area (Å²) in [7, 11) is 1.93. The van der Waals surface area contributed by atoms with Crippen LogP contribution in [0.3, 0.4) is 0 Å². The number of hydrogen-bond donors (Lipinski definition) is 1. The van der Waals surface area contributed by atoms with Gasteiger partial charge in [-0.25, -0.2) is 0 Å². The number of carbonyl (C=O) groups excluding carboxylic acids is 2. The average molecular weight is 312 g/mol. The Morgan fingerprint density at radius 2 is 1.70 bits per heavy atom. The van der Waals surface area contributed by atoms with Crippen LogP contribution in [0, 0.1) is 20.8 Å². The van der Waals surface area contributed by atoms with Gasteiger partial charge in [0.1, 0.15) is 0 Å². The molecule has 2 aromatic rings. The zero-order valence-corrected chi connectivity index (χ0v) is 14.5. The Balaban J connectivity index is 2.08. The number of carbonyl (C=O) groups is 2. The minimum absolute atomic E-state index is 0.00714. The van der Waals surface area contributed by atoms with Gasteiger partial charge in [0.15, 0.2) is 11.6 Å². The monoisotopic (exact) mass is 312 g/mol. The van der Waals surface area contributed by atoms with Crippen LogP contribution in [0.2, 0.25) is 0 Å². The van der Waals surface area contributed by atoms with Crippen LogP contribution in [0.4, 0.5) is 0 Å². The Morgan fingerprint density at radius 3 is 2.22 bits per heavy atom. The van der Waals surface area contributed by atoms with Gasteiger partial charge < -0.3 is 4.98 Å². The van der Waals surface area contributed by atoms with Crippen molar-refractivity contribution in [1.82, 2.24) is 9.88 Å². The highest BCUT2D eigenvalue weighted by Gasteiger charge is 2.20. The first kappa shape index (κ1) is 17.2. The highest BCUT2D eigenvalue weighted by atomic mass is 16.1. The molecule has 1 heterocycles. The molecule has 0 aliphatic carbocycles. The van der Waals surface area contributed by atoms with Crippen molar-refractivity contribution in [2.45, 2.75) is 34.2 Å². The van der Waals surface area contributed by atoms with Crippen molar-refractivity contribution >= 4 is 11.6 Å². The molecule has 4 nitrogen and oxygen atoms in total. The number of Topliss-reactive ketones (excluding diaryl/α,β-unsaturated/α-hetero) is 2. The average Bonchev–Trinajstić information content (AvgIpc) is 2.76. The normalized spacial score (nSPS) is 11.0. The number of ketones is 2. The van der Waals surface area contributed by atoms with Crippen LogP contribution in [0.25, 0.3) is 0 Å². The number of rotatable bonds is 6. The summed E-state index contributed by atoms with van der Waals surface area (Å²) in [6.45, 7) is 8.27. The second-order valence-corrected chi connectivity index (χ2v) is 6.26. The van der Waals surface area contributed by atoms with Gasteiger partial charge in [0.2, 0.25) is 0 Å². The molecule has 0 aliphatic rings. The van der Waals surface area contributed by atoms with E-state index >= 15 is 0 Å². The lowest BCUT2D eigenvalue weighted by atomic mass is 10.1. The second kappa shape index (κ2) is 6.92. The number of aromatic nitrogens is 1. The fourth-order valence-corrected chi connectivity index (χ4v) is 2.94. The lowest BCUT2D eigenvalue weighted by molar-refractivity contribution is 0.0938. The molecule has 0 spiro atoms. The molecule has 0 aliphatic heterocycles. The molecule has 0 fully saturated rings. The fourth-order valence-electron chi connectivity index (χ4n) is 2.94. The Morgan fingerprint density at radius 1 is 1.09 bits per heavy atom. The van der Waals surface area contributed by atoms with Crippen molar-refractivity contribution < 1.29 is 9.59 Å². The predicted molar refractivity (Wildman–Crippen MR) is 92.1 cm³/mol. The fraction of sp³-hybridized carbons (Fsp3) is 0.368. The maximum atomic E-state index is 12.5. The van der Waals surface area contributed by atoms with Crippen LogP contribution in [-0.4, -0.2) is 35.0 Å². The van der Waals surface area contributed by atoms with E-state index in [4.69, 9.17) is 0 Å². The maximum Gasteiger partial charge on any atom is 0.193 e. The van der Waals surface area contributed by atoms with Crippen molar-refractivity contribution in [3.8, 4) is 0 Å². The quantitative estimate of drug-likeness (QED) is 0.831. The van der Waals surface area contributed by atoms with Crippen molar-refractivity contribution in [2.24, 2.45) is 0 Å². The van der Waals surface area contributed by atoms with Gasteiger partial charge in [-0.2, -0.15) is 0 Å². The van der Waals surface area contributed by atoms with E-state index in [1.807, 2.05) is 25.8 Å². The molecule has 0 saturated heterocycles. The third-order valence-corrected chi connectivity index (χ3v) is 4.06. The highest BCUT2D eigenvalue weighted by molar-refractivity contribution is 6.03. The van der Waals surface area contributed by atoms with Gasteiger partial charge in [-0.1, -0.05) is 29.8 Å². The van der Waals surface area contributed by atoms with Gasteiger partial charge in [-0.05, 0) is 45.9 Å². The molecule has 1 N–H and O–H groups in total. The largest absolute Gasteiger partial charge is 0.355 e. The van der Waals surface area contributed by atoms with Crippen LogP contribution in [0.1, 0.15) is 50.2 Å². The van der Waals surface area contributed by atoms with E-state index in [2.05, 4.69) is 36.2 Å². The van der Waals surface area contributed by atoms with Crippen LogP contribution >= 0.6 is 0 Å². The third kappa shape index (κ3) is 3.96. The lowest BCUT2D eigenvalue weighted by Gasteiger charge is -2.16. The molecule has 0 radical (unpaired) electrons. The number of aromatic amines is 1. The summed E-state index contributed by atoms with van der Waals surface area (Å²) in [6, 6.07) is 8.30. The van der Waals surface area contributed by atoms with E-state index in [9.17, 15) is 9.59 Å². The minimum atomic E-state index is -0.0108. The zero-order valence-electron chi connectivity index (χ0n) is 14.5. The molecule has 122 valence electrons. The molecule has 4 heteroatoms. The molecule has 0 atom stereocenters. The third-order valence-electron chi connectivity index (χ3n) is 4.06. The first-order valence-corrected chi connectivity index (χ1v) is 7.77. The number of benzene rings is 1. The number of hydrogen-bond acceptors (Lipinski definition) is 3. The SMILES string of the molecule is CC(=O)c1c(C)[nH]c(C(=O)CN(C)Cc2ccc(C)cc2)c1C. The molecular weight excluding hydrogens is 288 g/mol. The molecule has 23 heavy (non-hydrogen) atoms. The summed E-state index contributed by atoms with van der Waals surface area (Å²) in [5, 5.41) is 0. The van der Waals surface area contributed by atoms with Gasteiger partial charge in [0.05, 0.1) is 12.2 Å². The molecule has 1 aromatic carbocycles. The van der Waals surface area contributed by atoms with Crippen LogP contribution in [-0.2, 0) is 6.54 Å². The standard InChI is InChI=1S/C19H24N2O2/c1-12-6-8-16(9-7-12)10-21(5)11-17(23)19-13(2)18(15(4)22)14(3)20-19/h6-9,20H,10-11H2,1-5H3. The Labute approximate surface area is 137 Å². The van der Waals surface area contributed by atoms with Crippen LogP contribution in [0.15, 0.2) is 24.3 Å². The summed E-state index contributed by atoms with van der Waals surface area (Å²) in [6.07, 6.45) is 0. The Kier molecular flexibility index (Phi) is 5.16. The Bertz CT molecular complexity index is 727. The van der Waals surface area contributed by atoms with Crippen LogP contribution < -0.4 is 0 Å². The molecule has 0 saturated carbocycles. The van der Waals surface area contributed by atoms with Crippen molar-refractivity contribution in [3.63, 3.8) is 0 Å². The van der Waals surface area contributed by atoms with Crippen molar-refractivity contribution in [1.29, 1.82) is 0 Å². The van der Waals surface area contributed by atoms with Gasteiger partial charge in [-0.15, -0.1) is 0 Å². The molecule has 0 bridgehead atoms.